The van der Waals surface area contributed by atoms with Gasteiger partial charge in [0.15, 0.2) is 5.78 Å². The zero-order chi connectivity index (χ0) is 13.8. The van der Waals surface area contributed by atoms with E-state index in [2.05, 4.69) is 4.98 Å². The fraction of sp³-hybridized carbons (Fsp3) is 0.286. The summed E-state index contributed by atoms with van der Waals surface area (Å²) in [5, 5.41) is 0.752. The van der Waals surface area contributed by atoms with E-state index in [0.717, 1.165) is 11.8 Å². The number of benzene rings is 1. The highest BCUT2D eigenvalue weighted by Crippen LogP contribution is 2.25. The van der Waals surface area contributed by atoms with Gasteiger partial charge in [-0.05, 0) is 24.6 Å². The summed E-state index contributed by atoms with van der Waals surface area (Å²) in [6.45, 7) is 2.50. The van der Waals surface area contributed by atoms with Crippen molar-refractivity contribution in [3.05, 3.63) is 40.2 Å². The molecule has 5 heteroatoms. The normalized spacial score (nSPS) is 10.6. The molecule has 19 heavy (non-hydrogen) atoms. The lowest BCUT2D eigenvalue weighted by Crippen LogP contribution is -2.07. The van der Waals surface area contributed by atoms with Crippen molar-refractivity contribution in [1.82, 2.24) is 4.98 Å². The molecule has 1 N–H and O–H groups in total. The molecule has 0 aliphatic rings. The number of pyridine rings is 1. The highest BCUT2D eigenvalue weighted by atomic mass is 35.5. The number of aromatic nitrogens is 1. The molecule has 0 radical (unpaired) electrons. The average Bonchev–Trinajstić information content (AvgIpc) is 2.43. The standard InChI is InChI=1S/C14H14ClNO3/c1-2-5-19-12-7-10(11(17)8-15)6-9-3-4-13(18)16-14(9)12/h3-4,6-7H,2,5,8H2,1H3,(H,16,18). The minimum absolute atomic E-state index is 0.0813. The third-order valence-electron chi connectivity index (χ3n) is 2.70. The lowest BCUT2D eigenvalue weighted by atomic mass is 10.1. The first-order chi connectivity index (χ1) is 9.15. The third-order valence-corrected chi connectivity index (χ3v) is 2.94. The van der Waals surface area contributed by atoms with Crippen LogP contribution in [0.1, 0.15) is 23.7 Å². The first-order valence-corrected chi connectivity index (χ1v) is 6.58. The van der Waals surface area contributed by atoms with E-state index in [9.17, 15) is 9.59 Å². The van der Waals surface area contributed by atoms with Gasteiger partial charge in [0.25, 0.3) is 0 Å². The van der Waals surface area contributed by atoms with Gasteiger partial charge in [-0.1, -0.05) is 6.92 Å². The van der Waals surface area contributed by atoms with E-state index in [4.69, 9.17) is 16.3 Å². The highest BCUT2D eigenvalue weighted by Gasteiger charge is 2.11. The minimum atomic E-state index is -0.203. The first kappa shape index (κ1) is 13.6. The van der Waals surface area contributed by atoms with Crippen LogP contribution in [0, 0.1) is 0 Å². The number of carbonyl (C=O) groups is 1. The Morgan fingerprint density at radius 3 is 2.84 bits per heavy atom. The predicted octanol–water partition coefficient (Wildman–Crippen LogP) is 2.74. The molecule has 0 aliphatic carbocycles. The molecule has 1 aromatic carbocycles. The molecule has 0 saturated heterocycles. The summed E-state index contributed by atoms with van der Waals surface area (Å²) in [5.74, 6) is 0.254. The van der Waals surface area contributed by atoms with E-state index >= 15 is 0 Å². The van der Waals surface area contributed by atoms with E-state index in [-0.39, 0.29) is 17.2 Å². The molecule has 0 unspecified atom stereocenters. The summed E-state index contributed by atoms with van der Waals surface area (Å²) >= 11 is 5.57. The molecule has 0 bridgehead atoms. The summed E-state index contributed by atoms with van der Waals surface area (Å²) in [6.07, 6.45) is 0.840. The van der Waals surface area contributed by atoms with E-state index < -0.39 is 0 Å². The van der Waals surface area contributed by atoms with Crippen LogP contribution in [0.25, 0.3) is 10.9 Å². The van der Waals surface area contributed by atoms with Crippen molar-refractivity contribution < 1.29 is 9.53 Å². The van der Waals surface area contributed by atoms with Crippen molar-refractivity contribution in [2.75, 3.05) is 12.5 Å². The number of Topliss-reactive ketones (excluding diaryl/α,β-unsaturated/α-hetero) is 1. The molecule has 100 valence electrons. The predicted molar refractivity (Wildman–Crippen MR) is 75.4 cm³/mol. The van der Waals surface area contributed by atoms with Gasteiger partial charge in [0, 0.05) is 17.0 Å². The number of carbonyl (C=O) groups excluding carboxylic acids is 1. The van der Waals surface area contributed by atoms with E-state index in [1.807, 2.05) is 6.92 Å². The number of rotatable bonds is 5. The zero-order valence-electron chi connectivity index (χ0n) is 10.5. The van der Waals surface area contributed by atoms with Gasteiger partial charge in [0.05, 0.1) is 18.0 Å². The maximum Gasteiger partial charge on any atom is 0.248 e. The van der Waals surface area contributed by atoms with Crippen LogP contribution in [0.5, 0.6) is 5.75 Å². The molecule has 2 aromatic rings. The average molecular weight is 280 g/mol. The number of hydrogen-bond acceptors (Lipinski definition) is 3. The number of halogens is 1. The Hall–Kier alpha value is -1.81. The van der Waals surface area contributed by atoms with Gasteiger partial charge >= 0.3 is 0 Å². The zero-order valence-corrected chi connectivity index (χ0v) is 11.3. The molecule has 0 atom stereocenters. The quantitative estimate of drug-likeness (QED) is 0.676. The monoisotopic (exact) mass is 279 g/mol. The van der Waals surface area contributed by atoms with Gasteiger partial charge in [-0.3, -0.25) is 9.59 Å². The van der Waals surface area contributed by atoms with Gasteiger partial charge in [-0.15, -0.1) is 11.6 Å². The van der Waals surface area contributed by atoms with Crippen LogP contribution in [-0.4, -0.2) is 23.3 Å². The van der Waals surface area contributed by atoms with Crippen LogP contribution in [0.4, 0.5) is 0 Å². The molecular weight excluding hydrogens is 266 g/mol. The van der Waals surface area contributed by atoms with Crippen LogP contribution in [0.3, 0.4) is 0 Å². The van der Waals surface area contributed by atoms with Crippen molar-refractivity contribution in [2.45, 2.75) is 13.3 Å². The first-order valence-electron chi connectivity index (χ1n) is 6.04. The number of fused-ring (bicyclic) bond motifs is 1. The minimum Gasteiger partial charge on any atom is -0.491 e. The topological polar surface area (TPSA) is 59.2 Å². The van der Waals surface area contributed by atoms with Crippen LogP contribution in [0.15, 0.2) is 29.1 Å². The molecule has 1 heterocycles. The van der Waals surface area contributed by atoms with Gasteiger partial charge in [0.1, 0.15) is 5.75 Å². The van der Waals surface area contributed by atoms with Crippen LogP contribution in [0.2, 0.25) is 0 Å². The van der Waals surface area contributed by atoms with Crippen LogP contribution >= 0.6 is 11.6 Å². The summed E-state index contributed by atoms with van der Waals surface area (Å²) < 4.78 is 5.59. The van der Waals surface area contributed by atoms with E-state index in [1.54, 1.807) is 18.2 Å². The molecule has 1 aromatic heterocycles. The molecule has 0 aliphatic heterocycles. The smallest absolute Gasteiger partial charge is 0.248 e. The van der Waals surface area contributed by atoms with Crippen molar-refractivity contribution in [3.63, 3.8) is 0 Å². The molecule has 4 nitrogen and oxygen atoms in total. The number of nitrogens with one attached hydrogen (secondary N) is 1. The Labute approximate surface area is 115 Å². The van der Waals surface area contributed by atoms with E-state index in [0.29, 0.717) is 23.4 Å². The fourth-order valence-corrected chi connectivity index (χ4v) is 1.95. The Morgan fingerprint density at radius 1 is 1.37 bits per heavy atom. The maximum absolute atomic E-state index is 11.7. The second kappa shape index (κ2) is 5.89. The van der Waals surface area contributed by atoms with Gasteiger partial charge in [-0.2, -0.15) is 0 Å². The van der Waals surface area contributed by atoms with Crippen molar-refractivity contribution >= 4 is 28.3 Å². The fourth-order valence-electron chi connectivity index (χ4n) is 1.80. The second-order valence-electron chi connectivity index (χ2n) is 4.17. The Morgan fingerprint density at radius 2 is 2.16 bits per heavy atom. The number of H-pyrrole nitrogens is 1. The second-order valence-corrected chi connectivity index (χ2v) is 4.43. The summed E-state index contributed by atoms with van der Waals surface area (Å²) in [4.78, 5) is 25.8. The molecule has 0 spiro atoms. The molecule has 0 saturated carbocycles. The number of alkyl halides is 1. The van der Waals surface area contributed by atoms with Crippen molar-refractivity contribution in [3.8, 4) is 5.75 Å². The largest absolute Gasteiger partial charge is 0.491 e. The Kier molecular flexibility index (Phi) is 4.22. The molecule has 2 rings (SSSR count). The number of ketones is 1. The van der Waals surface area contributed by atoms with E-state index in [1.165, 1.54) is 6.07 Å². The molecule has 0 fully saturated rings. The lowest BCUT2D eigenvalue weighted by molar-refractivity contribution is 0.102. The van der Waals surface area contributed by atoms with Crippen LogP contribution in [-0.2, 0) is 0 Å². The van der Waals surface area contributed by atoms with Crippen molar-refractivity contribution in [2.24, 2.45) is 0 Å². The molecular formula is C14H14ClNO3. The summed E-state index contributed by atoms with van der Waals surface area (Å²) in [6, 6.07) is 6.41. The lowest BCUT2D eigenvalue weighted by Gasteiger charge is -2.10. The maximum atomic E-state index is 11.7. The number of hydrogen-bond donors (Lipinski definition) is 1. The van der Waals surface area contributed by atoms with Gasteiger partial charge in [0.2, 0.25) is 5.56 Å². The van der Waals surface area contributed by atoms with Gasteiger partial charge < -0.3 is 9.72 Å². The third kappa shape index (κ3) is 2.96. The molecule has 0 amide bonds. The SMILES string of the molecule is CCCOc1cc(C(=O)CCl)cc2ccc(=O)[nH]c12. The number of aromatic amines is 1. The summed E-state index contributed by atoms with van der Waals surface area (Å²) in [7, 11) is 0. The van der Waals surface area contributed by atoms with Crippen LogP contribution < -0.4 is 10.3 Å². The number of ether oxygens (including phenoxy) is 1. The van der Waals surface area contributed by atoms with Gasteiger partial charge in [-0.25, -0.2) is 0 Å². The Balaban J connectivity index is 2.61. The summed E-state index contributed by atoms with van der Waals surface area (Å²) in [5.41, 5.74) is 0.887. The van der Waals surface area contributed by atoms with Crippen molar-refractivity contribution in [1.29, 1.82) is 0 Å². The Bertz CT molecular complexity index is 663. The highest BCUT2D eigenvalue weighted by molar-refractivity contribution is 6.30.